The van der Waals surface area contributed by atoms with Gasteiger partial charge in [-0.2, -0.15) is 0 Å². The number of hydrogen-bond donors (Lipinski definition) is 1. The van der Waals surface area contributed by atoms with Gasteiger partial charge in [0, 0.05) is 6.04 Å². The first-order valence-electron chi connectivity index (χ1n) is 8.15. The molecule has 0 spiro atoms. The van der Waals surface area contributed by atoms with Crippen molar-refractivity contribution in [2.45, 2.75) is 58.6 Å². The molecule has 0 saturated heterocycles. The maximum absolute atomic E-state index is 12.0. The van der Waals surface area contributed by atoms with E-state index in [1.54, 1.807) is 6.92 Å². The third-order valence-electron chi connectivity index (χ3n) is 4.21. The van der Waals surface area contributed by atoms with Gasteiger partial charge in [0.25, 0.3) is 5.91 Å². The minimum Gasteiger partial charge on any atom is -0.482 e. The fourth-order valence-corrected chi connectivity index (χ4v) is 2.62. The van der Waals surface area contributed by atoms with Gasteiger partial charge in [-0.3, -0.25) is 4.79 Å². The lowest BCUT2D eigenvalue weighted by Crippen LogP contribution is -2.41. The van der Waals surface area contributed by atoms with Crippen molar-refractivity contribution in [2.24, 2.45) is 0 Å². The van der Waals surface area contributed by atoms with Crippen LogP contribution in [0.15, 0.2) is 18.2 Å². The van der Waals surface area contributed by atoms with Crippen molar-refractivity contribution < 1.29 is 19.1 Å². The molecule has 1 saturated carbocycles. The molecule has 5 nitrogen and oxygen atoms in total. The molecule has 1 aliphatic rings. The van der Waals surface area contributed by atoms with Crippen LogP contribution in [0.4, 0.5) is 0 Å². The fourth-order valence-electron chi connectivity index (χ4n) is 2.62. The molecule has 0 heterocycles. The van der Waals surface area contributed by atoms with Crippen molar-refractivity contribution >= 4 is 11.9 Å². The van der Waals surface area contributed by atoms with Crippen molar-refractivity contribution in [1.82, 2.24) is 5.32 Å². The van der Waals surface area contributed by atoms with Crippen molar-refractivity contribution in [3.63, 3.8) is 0 Å². The van der Waals surface area contributed by atoms with Crippen LogP contribution in [0, 0.1) is 13.8 Å². The quantitative estimate of drug-likeness (QED) is 0.819. The molecule has 0 radical (unpaired) electrons. The highest BCUT2D eigenvalue weighted by molar-refractivity contribution is 5.83. The van der Waals surface area contributed by atoms with E-state index in [4.69, 9.17) is 9.47 Å². The molecular weight excluding hydrogens is 294 g/mol. The summed E-state index contributed by atoms with van der Waals surface area (Å²) in [6.45, 7) is 5.37. The average molecular weight is 319 g/mol. The van der Waals surface area contributed by atoms with Crippen molar-refractivity contribution in [3.8, 4) is 5.75 Å². The standard InChI is InChI=1S/C18H25NO4/c1-12-8-9-16(10-13(12)2)22-11-17(20)23-14(3)18(21)19-15-6-4-5-7-15/h8-10,14-15H,4-7,11H2,1-3H3,(H,19,21). The Hall–Kier alpha value is -2.04. The van der Waals surface area contributed by atoms with Crippen LogP contribution in [0.25, 0.3) is 0 Å². The second kappa shape index (κ2) is 7.99. The zero-order valence-corrected chi connectivity index (χ0v) is 14.1. The second-order valence-corrected chi connectivity index (χ2v) is 6.16. The Kier molecular flexibility index (Phi) is 6.02. The third kappa shape index (κ3) is 5.27. The summed E-state index contributed by atoms with van der Waals surface area (Å²) in [5.41, 5.74) is 2.26. The predicted octanol–water partition coefficient (Wildman–Crippen LogP) is 2.67. The Morgan fingerprint density at radius 2 is 1.91 bits per heavy atom. The van der Waals surface area contributed by atoms with E-state index >= 15 is 0 Å². The topological polar surface area (TPSA) is 64.6 Å². The van der Waals surface area contributed by atoms with Gasteiger partial charge in [-0.25, -0.2) is 4.79 Å². The first-order chi connectivity index (χ1) is 11.0. The maximum Gasteiger partial charge on any atom is 0.344 e. The summed E-state index contributed by atoms with van der Waals surface area (Å²) in [5, 5.41) is 2.91. The zero-order chi connectivity index (χ0) is 16.8. The number of benzene rings is 1. The Bertz CT molecular complexity index is 564. The summed E-state index contributed by atoms with van der Waals surface area (Å²) in [4.78, 5) is 23.8. The van der Waals surface area contributed by atoms with Crippen LogP contribution >= 0.6 is 0 Å². The number of amides is 1. The van der Waals surface area contributed by atoms with E-state index in [9.17, 15) is 9.59 Å². The molecule has 1 atom stereocenters. The summed E-state index contributed by atoms with van der Waals surface area (Å²) < 4.78 is 10.5. The van der Waals surface area contributed by atoms with Gasteiger partial charge in [0.05, 0.1) is 0 Å². The molecule has 1 unspecified atom stereocenters. The lowest BCUT2D eigenvalue weighted by molar-refractivity contribution is -0.156. The van der Waals surface area contributed by atoms with Gasteiger partial charge in [-0.05, 0) is 56.9 Å². The molecule has 0 aliphatic heterocycles. The van der Waals surface area contributed by atoms with Crippen LogP contribution in [0.2, 0.25) is 0 Å². The van der Waals surface area contributed by atoms with E-state index in [1.807, 2.05) is 32.0 Å². The fraction of sp³-hybridized carbons (Fsp3) is 0.556. The second-order valence-electron chi connectivity index (χ2n) is 6.16. The smallest absolute Gasteiger partial charge is 0.344 e. The maximum atomic E-state index is 12.0. The van der Waals surface area contributed by atoms with Gasteiger partial charge >= 0.3 is 5.97 Å². The first kappa shape index (κ1) is 17.3. The van der Waals surface area contributed by atoms with Crippen molar-refractivity contribution in [3.05, 3.63) is 29.3 Å². The van der Waals surface area contributed by atoms with Gasteiger partial charge < -0.3 is 14.8 Å². The average Bonchev–Trinajstić information content (AvgIpc) is 3.01. The molecule has 2 rings (SSSR count). The molecule has 1 N–H and O–H groups in total. The lowest BCUT2D eigenvalue weighted by Gasteiger charge is -2.17. The monoisotopic (exact) mass is 319 g/mol. The summed E-state index contributed by atoms with van der Waals surface area (Å²) in [6, 6.07) is 5.84. The van der Waals surface area contributed by atoms with Gasteiger partial charge in [-0.1, -0.05) is 18.9 Å². The molecule has 1 aromatic carbocycles. The molecule has 126 valence electrons. The van der Waals surface area contributed by atoms with Crippen molar-refractivity contribution in [2.75, 3.05) is 6.61 Å². The van der Waals surface area contributed by atoms with Crippen LogP contribution in [-0.2, 0) is 14.3 Å². The van der Waals surface area contributed by atoms with Crippen LogP contribution in [0.5, 0.6) is 5.75 Å². The summed E-state index contributed by atoms with van der Waals surface area (Å²) in [6.07, 6.45) is 3.49. The molecule has 0 bridgehead atoms. The Morgan fingerprint density at radius 1 is 1.22 bits per heavy atom. The van der Waals surface area contributed by atoms with Crippen LogP contribution < -0.4 is 10.1 Å². The number of aryl methyl sites for hydroxylation is 2. The van der Waals surface area contributed by atoms with E-state index in [1.165, 1.54) is 0 Å². The summed E-state index contributed by atoms with van der Waals surface area (Å²) in [7, 11) is 0. The summed E-state index contributed by atoms with van der Waals surface area (Å²) >= 11 is 0. The predicted molar refractivity (Wildman–Crippen MR) is 87.4 cm³/mol. The van der Waals surface area contributed by atoms with Gasteiger partial charge in [0.2, 0.25) is 0 Å². The van der Waals surface area contributed by atoms with E-state index in [-0.39, 0.29) is 18.6 Å². The number of nitrogens with one attached hydrogen (secondary N) is 1. The van der Waals surface area contributed by atoms with E-state index < -0.39 is 12.1 Å². The van der Waals surface area contributed by atoms with Crippen LogP contribution in [0.1, 0.15) is 43.7 Å². The molecular formula is C18H25NO4. The molecule has 1 aliphatic carbocycles. The SMILES string of the molecule is Cc1ccc(OCC(=O)OC(C)C(=O)NC2CCCC2)cc1C. The van der Waals surface area contributed by atoms with Crippen LogP contribution in [0.3, 0.4) is 0 Å². The first-order valence-corrected chi connectivity index (χ1v) is 8.15. The molecule has 1 amide bonds. The highest BCUT2D eigenvalue weighted by atomic mass is 16.6. The van der Waals surface area contributed by atoms with E-state index in [0.29, 0.717) is 5.75 Å². The number of ether oxygens (including phenoxy) is 2. The highest BCUT2D eigenvalue weighted by Crippen LogP contribution is 2.18. The Balaban J connectivity index is 1.74. The minimum atomic E-state index is -0.800. The molecule has 0 aromatic heterocycles. The third-order valence-corrected chi connectivity index (χ3v) is 4.21. The van der Waals surface area contributed by atoms with Crippen LogP contribution in [-0.4, -0.2) is 30.6 Å². The molecule has 23 heavy (non-hydrogen) atoms. The van der Waals surface area contributed by atoms with Gasteiger partial charge in [0.1, 0.15) is 5.75 Å². The largest absolute Gasteiger partial charge is 0.482 e. The number of carbonyl (C=O) groups is 2. The Labute approximate surface area is 137 Å². The van der Waals surface area contributed by atoms with Crippen molar-refractivity contribution in [1.29, 1.82) is 0 Å². The Morgan fingerprint density at radius 3 is 2.57 bits per heavy atom. The van der Waals surface area contributed by atoms with Gasteiger partial charge in [0.15, 0.2) is 12.7 Å². The molecule has 1 fully saturated rings. The summed E-state index contributed by atoms with van der Waals surface area (Å²) in [5.74, 6) is -0.165. The molecule has 1 aromatic rings. The normalized spacial score (nSPS) is 16.0. The number of carbonyl (C=O) groups excluding carboxylic acids is 2. The van der Waals surface area contributed by atoms with E-state index in [0.717, 1.165) is 36.8 Å². The van der Waals surface area contributed by atoms with E-state index in [2.05, 4.69) is 5.32 Å². The number of hydrogen-bond acceptors (Lipinski definition) is 4. The van der Waals surface area contributed by atoms with Gasteiger partial charge in [-0.15, -0.1) is 0 Å². The highest BCUT2D eigenvalue weighted by Gasteiger charge is 2.23. The number of esters is 1. The number of rotatable bonds is 6. The minimum absolute atomic E-state index is 0.205. The lowest BCUT2D eigenvalue weighted by atomic mass is 10.1. The molecule has 5 heteroatoms. The zero-order valence-electron chi connectivity index (χ0n) is 14.1.